The first kappa shape index (κ1) is 9.59. The first-order valence-corrected chi connectivity index (χ1v) is 4.72. The summed E-state index contributed by atoms with van der Waals surface area (Å²) in [5.74, 6) is 0.502. The van der Waals surface area contributed by atoms with Crippen molar-refractivity contribution in [3.8, 4) is 0 Å². The van der Waals surface area contributed by atoms with E-state index in [1.165, 1.54) is 0 Å². The fraction of sp³-hybridized carbons (Fsp3) is 0.667. The normalized spacial score (nSPS) is 16.0. The second-order valence-electron chi connectivity index (χ2n) is 3.17. The number of hydrogen-bond donors (Lipinski definition) is 0. The van der Waals surface area contributed by atoms with Crippen LogP contribution < -0.4 is 0 Å². The summed E-state index contributed by atoms with van der Waals surface area (Å²) in [6.45, 7) is 4.31. The predicted molar refractivity (Wildman–Crippen MR) is 51.3 cm³/mol. The van der Waals surface area contributed by atoms with Gasteiger partial charge in [-0.2, -0.15) is 5.10 Å². The highest BCUT2D eigenvalue weighted by atomic mass is 35.5. The molecule has 0 aliphatic carbocycles. The third-order valence-electron chi connectivity index (χ3n) is 2.28. The van der Waals surface area contributed by atoms with Crippen LogP contribution in [0.25, 0.3) is 0 Å². The molecule has 2 atom stereocenters. The Morgan fingerprint density at radius 2 is 2.33 bits per heavy atom. The van der Waals surface area contributed by atoms with E-state index in [4.69, 9.17) is 11.6 Å². The molecule has 0 spiro atoms. The van der Waals surface area contributed by atoms with Gasteiger partial charge in [-0.3, -0.25) is 4.68 Å². The fourth-order valence-corrected chi connectivity index (χ4v) is 1.55. The highest BCUT2D eigenvalue weighted by Crippen LogP contribution is 2.29. The quantitative estimate of drug-likeness (QED) is 0.664. The van der Waals surface area contributed by atoms with E-state index in [9.17, 15) is 0 Å². The summed E-state index contributed by atoms with van der Waals surface area (Å²) < 4.78 is 1.84. The first-order valence-electron chi connectivity index (χ1n) is 4.28. The lowest BCUT2D eigenvalue weighted by atomic mass is 10.0. The van der Waals surface area contributed by atoms with Crippen molar-refractivity contribution < 1.29 is 0 Å². The van der Waals surface area contributed by atoms with Crippen molar-refractivity contribution in [3.05, 3.63) is 18.0 Å². The smallest absolute Gasteiger partial charge is 0.0779 e. The van der Waals surface area contributed by atoms with Gasteiger partial charge in [0.25, 0.3) is 0 Å². The van der Waals surface area contributed by atoms with Crippen molar-refractivity contribution in [3.63, 3.8) is 0 Å². The molecule has 2 unspecified atom stereocenters. The molecule has 0 fully saturated rings. The van der Waals surface area contributed by atoms with E-state index >= 15 is 0 Å². The van der Waals surface area contributed by atoms with Gasteiger partial charge in [-0.1, -0.05) is 20.3 Å². The van der Waals surface area contributed by atoms with Crippen LogP contribution in [0.1, 0.15) is 31.3 Å². The molecule has 0 aromatic carbocycles. The molecule has 0 N–H and O–H groups in total. The van der Waals surface area contributed by atoms with Gasteiger partial charge in [0.05, 0.1) is 11.1 Å². The van der Waals surface area contributed by atoms with Crippen LogP contribution in [0, 0.1) is 5.92 Å². The lowest BCUT2D eigenvalue weighted by molar-refractivity contribution is 0.515. The van der Waals surface area contributed by atoms with Crippen LogP contribution in [0.15, 0.2) is 12.3 Å². The molecular formula is C9H15ClN2. The molecule has 1 heterocycles. The third-order valence-corrected chi connectivity index (χ3v) is 2.94. The van der Waals surface area contributed by atoms with Gasteiger partial charge in [0.2, 0.25) is 0 Å². The van der Waals surface area contributed by atoms with Crippen LogP contribution in [-0.2, 0) is 7.05 Å². The molecule has 3 heteroatoms. The predicted octanol–water partition coefficient (Wildman–Crippen LogP) is 2.75. The summed E-state index contributed by atoms with van der Waals surface area (Å²) >= 11 is 6.24. The van der Waals surface area contributed by atoms with Crippen molar-refractivity contribution in [2.75, 3.05) is 0 Å². The van der Waals surface area contributed by atoms with Crippen molar-refractivity contribution in [2.45, 2.75) is 25.6 Å². The summed E-state index contributed by atoms with van der Waals surface area (Å²) in [7, 11) is 1.92. The maximum atomic E-state index is 6.24. The highest BCUT2D eigenvalue weighted by Gasteiger charge is 2.17. The minimum absolute atomic E-state index is 0.0856. The molecule has 0 saturated carbocycles. The number of hydrogen-bond acceptors (Lipinski definition) is 1. The molecule has 0 amide bonds. The Balaban J connectivity index is 2.77. The minimum atomic E-state index is 0.0856. The second-order valence-corrected chi connectivity index (χ2v) is 3.64. The Kier molecular flexibility index (Phi) is 3.15. The van der Waals surface area contributed by atoms with E-state index in [-0.39, 0.29) is 5.38 Å². The minimum Gasteiger partial charge on any atom is -0.271 e. The van der Waals surface area contributed by atoms with Crippen molar-refractivity contribution in [1.29, 1.82) is 0 Å². The SMILES string of the molecule is CCC(C)C(Cl)c1ccnn1C. The largest absolute Gasteiger partial charge is 0.271 e. The Morgan fingerprint density at radius 1 is 1.67 bits per heavy atom. The average Bonchev–Trinajstić information content (AvgIpc) is 2.48. The molecule has 2 nitrogen and oxygen atoms in total. The molecular weight excluding hydrogens is 172 g/mol. The average molecular weight is 187 g/mol. The zero-order valence-corrected chi connectivity index (χ0v) is 8.54. The number of aromatic nitrogens is 2. The lowest BCUT2D eigenvalue weighted by Gasteiger charge is -2.15. The third kappa shape index (κ3) is 1.81. The summed E-state index contributed by atoms with van der Waals surface area (Å²) in [5, 5.41) is 4.17. The van der Waals surface area contributed by atoms with E-state index in [0.29, 0.717) is 5.92 Å². The van der Waals surface area contributed by atoms with Gasteiger partial charge in [0.1, 0.15) is 0 Å². The van der Waals surface area contributed by atoms with E-state index < -0.39 is 0 Å². The first-order chi connectivity index (χ1) is 5.66. The van der Waals surface area contributed by atoms with Gasteiger partial charge in [-0.15, -0.1) is 11.6 Å². The summed E-state index contributed by atoms with van der Waals surface area (Å²) in [6.07, 6.45) is 2.88. The summed E-state index contributed by atoms with van der Waals surface area (Å²) in [6, 6.07) is 1.98. The highest BCUT2D eigenvalue weighted by molar-refractivity contribution is 6.20. The lowest BCUT2D eigenvalue weighted by Crippen LogP contribution is -2.07. The molecule has 0 aliphatic rings. The molecule has 12 heavy (non-hydrogen) atoms. The van der Waals surface area contributed by atoms with E-state index in [1.54, 1.807) is 6.20 Å². The van der Waals surface area contributed by atoms with Crippen LogP contribution in [0.4, 0.5) is 0 Å². The molecule has 1 aromatic heterocycles. The Labute approximate surface area is 78.5 Å². The Hall–Kier alpha value is -0.500. The second kappa shape index (κ2) is 3.94. The zero-order chi connectivity index (χ0) is 9.14. The van der Waals surface area contributed by atoms with Crippen LogP contribution in [0.5, 0.6) is 0 Å². The fourth-order valence-electron chi connectivity index (χ4n) is 1.15. The van der Waals surface area contributed by atoms with Crippen LogP contribution in [-0.4, -0.2) is 9.78 Å². The number of aryl methyl sites for hydroxylation is 1. The van der Waals surface area contributed by atoms with Gasteiger partial charge >= 0.3 is 0 Å². The Morgan fingerprint density at radius 3 is 2.75 bits per heavy atom. The van der Waals surface area contributed by atoms with Crippen molar-refractivity contribution in [2.24, 2.45) is 13.0 Å². The monoisotopic (exact) mass is 186 g/mol. The molecule has 0 saturated heterocycles. The standard InChI is InChI=1S/C9H15ClN2/c1-4-7(2)9(10)8-5-6-11-12(8)3/h5-7,9H,4H2,1-3H3. The topological polar surface area (TPSA) is 17.8 Å². The van der Waals surface area contributed by atoms with Crippen molar-refractivity contribution >= 4 is 11.6 Å². The maximum absolute atomic E-state index is 6.24. The van der Waals surface area contributed by atoms with E-state index in [1.807, 2.05) is 17.8 Å². The number of rotatable bonds is 3. The van der Waals surface area contributed by atoms with E-state index in [0.717, 1.165) is 12.1 Å². The van der Waals surface area contributed by atoms with Gasteiger partial charge in [0, 0.05) is 13.2 Å². The molecule has 68 valence electrons. The molecule has 0 radical (unpaired) electrons. The summed E-state index contributed by atoms with van der Waals surface area (Å²) in [4.78, 5) is 0. The van der Waals surface area contributed by atoms with Gasteiger partial charge < -0.3 is 0 Å². The summed E-state index contributed by atoms with van der Waals surface area (Å²) in [5.41, 5.74) is 1.10. The maximum Gasteiger partial charge on any atom is 0.0779 e. The zero-order valence-electron chi connectivity index (χ0n) is 7.79. The molecule has 1 rings (SSSR count). The molecule has 1 aromatic rings. The van der Waals surface area contributed by atoms with Crippen molar-refractivity contribution in [1.82, 2.24) is 9.78 Å². The van der Waals surface area contributed by atoms with Crippen LogP contribution in [0.2, 0.25) is 0 Å². The number of nitrogens with zero attached hydrogens (tertiary/aromatic N) is 2. The van der Waals surface area contributed by atoms with Gasteiger partial charge in [0.15, 0.2) is 0 Å². The van der Waals surface area contributed by atoms with Crippen LogP contribution >= 0.6 is 11.6 Å². The number of alkyl halides is 1. The molecule has 0 aliphatic heterocycles. The Bertz CT molecular complexity index is 244. The van der Waals surface area contributed by atoms with Gasteiger partial charge in [-0.25, -0.2) is 0 Å². The van der Waals surface area contributed by atoms with Gasteiger partial charge in [-0.05, 0) is 12.0 Å². The number of halogens is 1. The van der Waals surface area contributed by atoms with E-state index in [2.05, 4.69) is 18.9 Å². The van der Waals surface area contributed by atoms with Crippen LogP contribution in [0.3, 0.4) is 0 Å². The molecule has 0 bridgehead atoms.